The van der Waals surface area contributed by atoms with Crippen LogP contribution < -0.4 is 0 Å². The minimum Gasteiger partial charge on any atom is -0.455 e. The van der Waals surface area contributed by atoms with Crippen molar-refractivity contribution in [3.63, 3.8) is 0 Å². The third-order valence-electron chi connectivity index (χ3n) is 3.34. The quantitative estimate of drug-likeness (QED) is 0.490. The summed E-state index contributed by atoms with van der Waals surface area (Å²) in [4.78, 5) is 23.0. The molecule has 18 heavy (non-hydrogen) atoms. The molecule has 100 valence electrons. The van der Waals surface area contributed by atoms with Crippen molar-refractivity contribution >= 4 is 11.9 Å². The summed E-state index contributed by atoms with van der Waals surface area (Å²) in [6.07, 6.45) is -4.07. The molecule has 4 nitrogen and oxygen atoms in total. The highest BCUT2D eigenvalue weighted by Gasteiger charge is 2.49. The zero-order valence-electron chi connectivity index (χ0n) is 9.55. The Kier molecular flexibility index (Phi) is 2.87. The van der Waals surface area contributed by atoms with Gasteiger partial charge in [-0.15, -0.1) is 0 Å². The fourth-order valence-electron chi connectivity index (χ4n) is 2.34. The first kappa shape index (κ1) is 12.9. The summed E-state index contributed by atoms with van der Waals surface area (Å²) in [5.74, 6) is -2.33. The van der Waals surface area contributed by atoms with Crippen molar-refractivity contribution in [1.29, 1.82) is 0 Å². The molecule has 1 spiro atoms. The first-order valence-electron chi connectivity index (χ1n) is 5.51. The summed E-state index contributed by atoms with van der Waals surface area (Å²) in [7, 11) is 0. The van der Waals surface area contributed by atoms with E-state index in [1.165, 1.54) is 0 Å². The molecule has 2 heterocycles. The summed E-state index contributed by atoms with van der Waals surface area (Å²) in [5, 5.41) is 0. The first-order chi connectivity index (χ1) is 8.23. The van der Waals surface area contributed by atoms with Crippen LogP contribution in [0, 0.1) is 0 Å². The fourth-order valence-corrected chi connectivity index (χ4v) is 2.34. The normalized spacial score (nSPS) is 23.4. The number of hydrogen-bond acceptors (Lipinski definition) is 3. The Balaban J connectivity index is 1.99. The fraction of sp³-hybridized carbons (Fsp3) is 0.636. The summed E-state index contributed by atoms with van der Waals surface area (Å²) in [6, 6.07) is 0. The third-order valence-corrected chi connectivity index (χ3v) is 3.34. The third kappa shape index (κ3) is 2.21. The molecule has 0 aromatic heterocycles. The van der Waals surface area contributed by atoms with E-state index in [2.05, 4.69) is 6.58 Å². The molecule has 2 aliphatic rings. The molecule has 0 N–H and O–H groups in total. The second kappa shape index (κ2) is 4.00. The standard InChI is InChI=1S/C11H12F3NO3/c1-7-6-10(18-8(7)16)2-4-15(5-3-10)9(17)11(12,13)14/h1-6H2. The molecule has 0 aromatic rings. The molecule has 0 bridgehead atoms. The SMILES string of the molecule is C=C1CC2(CCN(C(=O)C(F)(F)F)CC2)OC1=O. The van der Waals surface area contributed by atoms with Crippen LogP contribution in [-0.4, -0.2) is 41.6 Å². The zero-order chi connectivity index (χ0) is 13.6. The van der Waals surface area contributed by atoms with Crippen LogP contribution in [0.3, 0.4) is 0 Å². The molecule has 2 saturated heterocycles. The summed E-state index contributed by atoms with van der Waals surface area (Å²) in [6.45, 7) is 3.43. The second-order valence-corrected chi connectivity index (χ2v) is 4.64. The molecule has 0 unspecified atom stereocenters. The molecule has 0 radical (unpaired) electrons. The number of likely N-dealkylation sites (tertiary alicyclic amines) is 1. The largest absolute Gasteiger partial charge is 0.471 e. The average molecular weight is 263 g/mol. The van der Waals surface area contributed by atoms with Gasteiger partial charge in [0.1, 0.15) is 5.60 Å². The Morgan fingerprint density at radius 3 is 2.28 bits per heavy atom. The Morgan fingerprint density at radius 1 is 1.33 bits per heavy atom. The van der Waals surface area contributed by atoms with Gasteiger partial charge in [-0.3, -0.25) is 4.79 Å². The van der Waals surface area contributed by atoms with E-state index in [9.17, 15) is 22.8 Å². The van der Waals surface area contributed by atoms with E-state index in [-0.39, 0.29) is 25.9 Å². The maximum absolute atomic E-state index is 12.2. The number of halogens is 3. The van der Waals surface area contributed by atoms with Crippen LogP contribution in [0.2, 0.25) is 0 Å². The molecular weight excluding hydrogens is 251 g/mol. The predicted molar refractivity (Wildman–Crippen MR) is 54.4 cm³/mol. The van der Waals surface area contributed by atoms with E-state index < -0.39 is 23.7 Å². The second-order valence-electron chi connectivity index (χ2n) is 4.64. The Labute approximate surface area is 101 Å². The number of hydrogen-bond donors (Lipinski definition) is 0. The Hall–Kier alpha value is -1.53. The van der Waals surface area contributed by atoms with Crippen LogP contribution in [0.5, 0.6) is 0 Å². The molecular formula is C11H12F3NO3. The lowest BCUT2D eigenvalue weighted by Crippen LogP contribution is -2.50. The zero-order valence-corrected chi connectivity index (χ0v) is 9.55. The van der Waals surface area contributed by atoms with Gasteiger partial charge in [0.15, 0.2) is 0 Å². The lowest BCUT2D eigenvalue weighted by molar-refractivity contribution is -0.189. The van der Waals surface area contributed by atoms with Crippen molar-refractivity contribution in [3.8, 4) is 0 Å². The molecule has 0 atom stereocenters. The number of amides is 1. The number of carbonyl (C=O) groups is 2. The van der Waals surface area contributed by atoms with Crippen molar-refractivity contribution < 1.29 is 27.5 Å². The number of nitrogens with zero attached hydrogens (tertiary/aromatic N) is 1. The minimum absolute atomic E-state index is 0.0566. The van der Waals surface area contributed by atoms with Crippen LogP contribution in [-0.2, 0) is 14.3 Å². The Morgan fingerprint density at radius 2 is 1.89 bits per heavy atom. The number of piperidine rings is 1. The van der Waals surface area contributed by atoms with Crippen LogP contribution in [0.4, 0.5) is 13.2 Å². The molecule has 2 aliphatic heterocycles. The van der Waals surface area contributed by atoms with Gasteiger partial charge in [0.05, 0.1) is 0 Å². The van der Waals surface area contributed by atoms with Gasteiger partial charge in [0.25, 0.3) is 0 Å². The first-order valence-corrected chi connectivity index (χ1v) is 5.51. The van der Waals surface area contributed by atoms with E-state index in [0.29, 0.717) is 12.0 Å². The van der Waals surface area contributed by atoms with E-state index >= 15 is 0 Å². The highest BCUT2D eigenvalue weighted by atomic mass is 19.4. The topological polar surface area (TPSA) is 46.6 Å². The number of carbonyl (C=O) groups excluding carboxylic acids is 2. The van der Waals surface area contributed by atoms with Gasteiger partial charge in [-0.2, -0.15) is 13.2 Å². The van der Waals surface area contributed by atoms with Gasteiger partial charge in [0.2, 0.25) is 0 Å². The van der Waals surface area contributed by atoms with Crippen LogP contribution in [0.25, 0.3) is 0 Å². The smallest absolute Gasteiger partial charge is 0.455 e. The molecule has 0 aliphatic carbocycles. The maximum atomic E-state index is 12.2. The van der Waals surface area contributed by atoms with E-state index in [0.717, 1.165) is 4.90 Å². The number of esters is 1. The molecule has 1 amide bonds. The van der Waals surface area contributed by atoms with Gasteiger partial charge in [-0.1, -0.05) is 6.58 Å². The van der Waals surface area contributed by atoms with Crippen molar-refractivity contribution in [2.75, 3.05) is 13.1 Å². The molecule has 7 heteroatoms. The van der Waals surface area contributed by atoms with Crippen LogP contribution in [0.15, 0.2) is 12.2 Å². The van der Waals surface area contributed by atoms with Crippen LogP contribution >= 0.6 is 0 Å². The van der Waals surface area contributed by atoms with E-state index in [1.54, 1.807) is 0 Å². The van der Waals surface area contributed by atoms with Crippen molar-refractivity contribution in [3.05, 3.63) is 12.2 Å². The summed E-state index contributed by atoms with van der Waals surface area (Å²) < 4.78 is 41.9. The number of ether oxygens (including phenoxy) is 1. The van der Waals surface area contributed by atoms with Crippen molar-refractivity contribution in [2.24, 2.45) is 0 Å². The summed E-state index contributed by atoms with van der Waals surface area (Å²) >= 11 is 0. The van der Waals surface area contributed by atoms with Gasteiger partial charge >= 0.3 is 18.1 Å². The number of alkyl halides is 3. The lowest BCUT2D eigenvalue weighted by atomic mass is 9.87. The maximum Gasteiger partial charge on any atom is 0.471 e. The predicted octanol–water partition coefficient (Wildman–Crippen LogP) is 1.41. The lowest BCUT2D eigenvalue weighted by Gasteiger charge is -2.37. The molecule has 0 saturated carbocycles. The molecule has 0 aromatic carbocycles. The van der Waals surface area contributed by atoms with Gasteiger partial charge in [0, 0.05) is 37.9 Å². The van der Waals surface area contributed by atoms with Gasteiger partial charge < -0.3 is 9.64 Å². The molecule has 2 fully saturated rings. The molecule has 2 rings (SSSR count). The van der Waals surface area contributed by atoms with Crippen molar-refractivity contribution in [1.82, 2.24) is 4.90 Å². The highest BCUT2D eigenvalue weighted by Crippen LogP contribution is 2.39. The van der Waals surface area contributed by atoms with E-state index in [1.807, 2.05) is 0 Å². The van der Waals surface area contributed by atoms with E-state index in [4.69, 9.17) is 4.74 Å². The summed E-state index contributed by atoms with van der Waals surface area (Å²) in [5.41, 5.74) is -0.415. The minimum atomic E-state index is -4.85. The highest BCUT2D eigenvalue weighted by molar-refractivity contribution is 5.90. The van der Waals surface area contributed by atoms with Crippen LogP contribution in [0.1, 0.15) is 19.3 Å². The Bertz CT molecular complexity index is 390. The monoisotopic (exact) mass is 263 g/mol. The van der Waals surface area contributed by atoms with Gasteiger partial charge in [-0.05, 0) is 0 Å². The van der Waals surface area contributed by atoms with Gasteiger partial charge in [-0.25, -0.2) is 4.79 Å². The van der Waals surface area contributed by atoms with Crippen molar-refractivity contribution in [2.45, 2.75) is 31.0 Å². The average Bonchev–Trinajstić information content (AvgIpc) is 2.53. The number of rotatable bonds is 0.